The van der Waals surface area contributed by atoms with E-state index in [2.05, 4.69) is 5.32 Å². The molecule has 0 aliphatic carbocycles. The maximum Gasteiger partial charge on any atom is 0.326 e. The second kappa shape index (κ2) is 11.8. The van der Waals surface area contributed by atoms with E-state index < -0.39 is 47.6 Å². The second-order valence-corrected chi connectivity index (χ2v) is 9.37. The molecule has 174 valence electrons. The number of carboxylic acids is 2. The van der Waals surface area contributed by atoms with Gasteiger partial charge in [0.1, 0.15) is 23.2 Å². The highest BCUT2D eigenvalue weighted by Gasteiger charge is 2.43. The SMILES string of the molecule is CC(=O)SCCC(=O)N1[C@@H](c2ccccc2O)SC[C@H]1C(=O)N[C@@H](CCC(=O)O)C(=O)O. The molecule has 1 saturated heterocycles. The Bertz CT molecular complexity index is 894. The lowest BCUT2D eigenvalue weighted by molar-refractivity contribution is -0.145. The van der Waals surface area contributed by atoms with Crippen molar-refractivity contribution < 1.29 is 39.3 Å². The number of aliphatic carboxylic acids is 2. The monoisotopic (exact) mass is 484 g/mol. The highest BCUT2D eigenvalue weighted by Crippen LogP contribution is 2.44. The summed E-state index contributed by atoms with van der Waals surface area (Å²) in [5, 5.41) is 29.9. The van der Waals surface area contributed by atoms with Crippen LogP contribution in [0.1, 0.15) is 37.1 Å². The van der Waals surface area contributed by atoms with Gasteiger partial charge in [-0.2, -0.15) is 0 Å². The molecule has 0 bridgehead atoms. The number of hydrogen-bond donors (Lipinski definition) is 4. The highest BCUT2D eigenvalue weighted by molar-refractivity contribution is 8.13. The van der Waals surface area contributed by atoms with Crippen molar-refractivity contribution in [2.75, 3.05) is 11.5 Å². The first-order valence-corrected chi connectivity index (χ1v) is 11.7. The van der Waals surface area contributed by atoms with Crippen molar-refractivity contribution >= 4 is 52.4 Å². The Morgan fingerprint density at radius 1 is 1.19 bits per heavy atom. The van der Waals surface area contributed by atoms with E-state index in [1.54, 1.807) is 18.2 Å². The number of para-hydroxylation sites is 1. The predicted octanol–water partition coefficient (Wildman–Crippen LogP) is 1.44. The van der Waals surface area contributed by atoms with Crippen LogP contribution in [-0.2, 0) is 24.0 Å². The van der Waals surface area contributed by atoms with Crippen molar-refractivity contribution in [1.82, 2.24) is 10.2 Å². The first-order chi connectivity index (χ1) is 15.1. The van der Waals surface area contributed by atoms with E-state index in [0.717, 1.165) is 11.8 Å². The average molecular weight is 485 g/mol. The maximum atomic E-state index is 13.0. The van der Waals surface area contributed by atoms with Crippen molar-refractivity contribution in [3.05, 3.63) is 29.8 Å². The van der Waals surface area contributed by atoms with E-state index in [0.29, 0.717) is 5.56 Å². The molecule has 1 aromatic carbocycles. The van der Waals surface area contributed by atoms with Crippen molar-refractivity contribution in [2.24, 2.45) is 0 Å². The zero-order chi connectivity index (χ0) is 23.8. The van der Waals surface area contributed by atoms with Crippen molar-refractivity contribution in [1.29, 1.82) is 0 Å². The molecule has 12 heteroatoms. The van der Waals surface area contributed by atoms with Gasteiger partial charge in [0.05, 0.1) is 0 Å². The number of amides is 2. The number of phenols is 1. The molecule has 32 heavy (non-hydrogen) atoms. The summed E-state index contributed by atoms with van der Waals surface area (Å²) in [6, 6.07) is 3.96. The first-order valence-electron chi connectivity index (χ1n) is 9.70. The number of thioether (sulfide) groups is 2. The molecule has 4 N–H and O–H groups in total. The summed E-state index contributed by atoms with van der Waals surface area (Å²) in [6.45, 7) is 1.38. The van der Waals surface area contributed by atoms with Gasteiger partial charge in [-0.05, 0) is 12.5 Å². The van der Waals surface area contributed by atoms with E-state index in [-0.39, 0.29) is 35.2 Å². The fraction of sp³-hybridized carbons (Fsp3) is 0.450. The third-order valence-corrected chi connectivity index (χ3v) is 6.80. The number of carboxylic acid groups (broad SMARTS) is 2. The molecule has 0 spiro atoms. The maximum absolute atomic E-state index is 13.0. The lowest BCUT2D eigenvalue weighted by Gasteiger charge is -2.30. The number of aromatic hydroxyl groups is 1. The molecular weight excluding hydrogens is 460 g/mol. The minimum absolute atomic E-state index is 0.0277. The Kier molecular flexibility index (Phi) is 9.39. The number of carbonyl (C=O) groups excluding carboxylic acids is 3. The zero-order valence-corrected chi connectivity index (χ0v) is 18.9. The molecule has 1 heterocycles. The van der Waals surface area contributed by atoms with Crippen LogP contribution in [-0.4, -0.2) is 72.7 Å². The van der Waals surface area contributed by atoms with Crippen LogP contribution in [0.5, 0.6) is 5.75 Å². The molecule has 0 radical (unpaired) electrons. The number of carbonyl (C=O) groups is 5. The fourth-order valence-corrected chi connectivity index (χ4v) is 5.20. The minimum atomic E-state index is -1.42. The molecule has 0 aromatic heterocycles. The van der Waals surface area contributed by atoms with Crippen molar-refractivity contribution in [3.8, 4) is 5.75 Å². The third kappa shape index (κ3) is 6.89. The summed E-state index contributed by atoms with van der Waals surface area (Å²) in [4.78, 5) is 60.6. The molecule has 0 unspecified atom stereocenters. The lowest BCUT2D eigenvalue weighted by atomic mass is 10.1. The summed E-state index contributed by atoms with van der Waals surface area (Å²) >= 11 is 2.22. The Balaban J connectivity index is 2.24. The predicted molar refractivity (Wildman–Crippen MR) is 118 cm³/mol. The van der Waals surface area contributed by atoms with Gasteiger partial charge in [0, 0.05) is 36.8 Å². The number of nitrogens with zero attached hydrogens (tertiary/aromatic N) is 1. The molecule has 0 saturated carbocycles. The van der Waals surface area contributed by atoms with Gasteiger partial charge in [0.15, 0.2) is 5.12 Å². The number of phenolic OH excluding ortho intramolecular Hbond substituents is 1. The lowest BCUT2D eigenvalue weighted by Crippen LogP contribution is -2.52. The molecule has 1 aromatic rings. The van der Waals surface area contributed by atoms with Crippen LogP contribution in [0.15, 0.2) is 24.3 Å². The second-order valence-electron chi connectivity index (χ2n) is 6.98. The van der Waals surface area contributed by atoms with Gasteiger partial charge in [-0.25, -0.2) is 4.79 Å². The number of benzene rings is 1. The van der Waals surface area contributed by atoms with Crippen molar-refractivity contribution in [2.45, 2.75) is 43.6 Å². The van der Waals surface area contributed by atoms with Gasteiger partial charge in [0.2, 0.25) is 11.8 Å². The Morgan fingerprint density at radius 3 is 2.47 bits per heavy atom. The summed E-state index contributed by atoms with van der Waals surface area (Å²) < 4.78 is 0. The normalized spacial score (nSPS) is 18.7. The van der Waals surface area contributed by atoms with Crippen LogP contribution in [0.25, 0.3) is 0 Å². The van der Waals surface area contributed by atoms with Gasteiger partial charge >= 0.3 is 11.9 Å². The average Bonchev–Trinajstić information content (AvgIpc) is 3.15. The third-order valence-electron chi connectivity index (χ3n) is 4.68. The van der Waals surface area contributed by atoms with Crippen LogP contribution in [0.4, 0.5) is 0 Å². The molecular formula is C20H24N2O8S2. The molecule has 3 atom stereocenters. The molecule has 2 amide bonds. The summed E-state index contributed by atoms with van der Waals surface area (Å²) in [5.41, 5.74) is 0.432. The smallest absolute Gasteiger partial charge is 0.326 e. The van der Waals surface area contributed by atoms with Gasteiger partial charge < -0.3 is 25.5 Å². The number of rotatable bonds is 10. The van der Waals surface area contributed by atoms with Crippen LogP contribution in [0.3, 0.4) is 0 Å². The molecule has 1 aliphatic heterocycles. The van der Waals surface area contributed by atoms with E-state index in [4.69, 9.17) is 5.11 Å². The molecule has 1 aliphatic rings. The number of nitrogens with one attached hydrogen (secondary N) is 1. The number of hydrogen-bond acceptors (Lipinski definition) is 8. The van der Waals surface area contributed by atoms with Gasteiger partial charge in [0.25, 0.3) is 0 Å². The molecule has 2 rings (SSSR count). The van der Waals surface area contributed by atoms with Crippen molar-refractivity contribution in [3.63, 3.8) is 0 Å². The van der Waals surface area contributed by atoms with Gasteiger partial charge in [-0.1, -0.05) is 30.0 Å². The largest absolute Gasteiger partial charge is 0.508 e. The zero-order valence-electron chi connectivity index (χ0n) is 17.2. The first kappa shape index (κ1) is 25.5. The molecule has 1 fully saturated rings. The van der Waals surface area contributed by atoms with E-state index in [1.165, 1.54) is 29.7 Å². The van der Waals surface area contributed by atoms with E-state index in [9.17, 15) is 34.2 Å². The summed E-state index contributed by atoms with van der Waals surface area (Å²) in [5.74, 6) is -3.39. The summed E-state index contributed by atoms with van der Waals surface area (Å²) in [6.07, 6.45) is -0.773. The van der Waals surface area contributed by atoms with Crippen LogP contribution in [0, 0.1) is 0 Å². The quantitative estimate of drug-likeness (QED) is 0.382. The summed E-state index contributed by atoms with van der Waals surface area (Å²) in [7, 11) is 0. The van der Waals surface area contributed by atoms with E-state index in [1.807, 2.05) is 0 Å². The highest BCUT2D eigenvalue weighted by atomic mass is 32.2. The van der Waals surface area contributed by atoms with Crippen LogP contribution in [0.2, 0.25) is 0 Å². The van der Waals surface area contributed by atoms with Gasteiger partial charge in [-0.3, -0.25) is 19.2 Å². The van der Waals surface area contributed by atoms with Crippen LogP contribution >= 0.6 is 23.5 Å². The molecule has 10 nitrogen and oxygen atoms in total. The standard InChI is InChI=1S/C20H24N2O8S2/c1-11(23)31-9-8-16(25)22-14(10-32-19(22)12-4-2-3-5-15(12)24)18(28)21-13(20(29)30)6-7-17(26)27/h2-5,13-14,19,24H,6-10H2,1H3,(H,21,28)(H,26,27)(H,29,30)/t13-,14-,19+/m0/s1. The Labute approximate surface area is 192 Å². The minimum Gasteiger partial charge on any atom is -0.508 e. The van der Waals surface area contributed by atoms with Crippen LogP contribution < -0.4 is 5.32 Å². The topological polar surface area (TPSA) is 161 Å². The Morgan fingerprint density at radius 2 is 1.88 bits per heavy atom. The fourth-order valence-electron chi connectivity index (χ4n) is 3.15. The Hall–Kier alpha value is -2.73. The van der Waals surface area contributed by atoms with Gasteiger partial charge in [-0.15, -0.1) is 11.8 Å². The van der Waals surface area contributed by atoms with E-state index >= 15 is 0 Å².